The van der Waals surface area contributed by atoms with Crippen molar-refractivity contribution in [2.75, 3.05) is 56.2 Å². The Morgan fingerprint density at radius 3 is 2.50 bits per heavy atom. The zero-order valence-electron chi connectivity index (χ0n) is 15.6. The summed E-state index contributed by atoms with van der Waals surface area (Å²) >= 11 is 0. The van der Waals surface area contributed by atoms with E-state index in [1.54, 1.807) is 7.11 Å². The molecular formula is C21H28N3O2+. The lowest BCUT2D eigenvalue weighted by atomic mass is 10.2. The number of ether oxygens (including phenoxy) is 1. The molecule has 0 unspecified atom stereocenters. The van der Waals surface area contributed by atoms with Crippen molar-refractivity contribution in [2.45, 2.75) is 6.92 Å². The first-order valence-corrected chi connectivity index (χ1v) is 9.29. The Morgan fingerprint density at radius 2 is 1.85 bits per heavy atom. The van der Waals surface area contributed by atoms with Crippen molar-refractivity contribution >= 4 is 17.3 Å². The molecule has 1 saturated heterocycles. The number of carbonyl (C=O) groups excluding carboxylic acids is 1. The van der Waals surface area contributed by atoms with E-state index in [2.05, 4.69) is 17.0 Å². The molecule has 2 aromatic carbocycles. The van der Waals surface area contributed by atoms with E-state index in [9.17, 15) is 4.79 Å². The van der Waals surface area contributed by atoms with Gasteiger partial charge < -0.3 is 19.4 Å². The maximum atomic E-state index is 12.8. The second-order valence-electron chi connectivity index (χ2n) is 6.59. The van der Waals surface area contributed by atoms with Crippen molar-refractivity contribution in [3.63, 3.8) is 0 Å². The molecule has 1 N–H and O–H groups in total. The summed E-state index contributed by atoms with van der Waals surface area (Å²) in [4.78, 5) is 18.3. The highest BCUT2D eigenvalue weighted by Crippen LogP contribution is 2.20. The molecule has 3 rings (SSSR count). The Kier molecular flexibility index (Phi) is 6.12. The summed E-state index contributed by atoms with van der Waals surface area (Å²) in [5, 5.41) is 0. The molecular weight excluding hydrogens is 326 g/mol. The molecule has 1 aliphatic rings. The SMILES string of the molecule is CCN(C(=O)C[NH+]1CCN(c2cccc(OC)c2)CC1)c1ccccc1. The lowest BCUT2D eigenvalue weighted by molar-refractivity contribution is -0.892. The molecule has 138 valence electrons. The molecule has 0 atom stereocenters. The van der Waals surface area contributed by atoms with Crippen LogP contribution in [0.3, 0.4) is 0 Å². The monoisotopic (exact) mass is 354 g/mol. The fourth-order valence-corrected chi connectivity index (χ4v) is 3.49. The highest BCUT2D eigenvalue weighted by Gasteiger charge is 2.25. The zero-order valence-corrected chi connectivity index (χ0v) is 15.6. The van der Waals surface area contributed by atoms with Gasteiger partial charge in [-0.25, -0.2) is 0 Å². The highest BCUT2D eigenvalue weighted by atomic mass is 16.5. The summed E-state index contributed by atoms with van der Waals surface area (Å²) in [5.41, 5.74) is 2.17. The molecule has 0 bridgehead atoms. The molecule has 2 aromatic rings. The molecule has 1 amide bonds. The third-order valence-electron chi connectivity index (χ3n) is 4.98. The van der Waals surface area contributed by atoms with Crippen LogP contribution in [0.1, 0.15) is 6.92 Å². The van der Waals surface area contributed by atoms with Crippen LogP contribution in [0.4, 0.5) is 11.4 Å². The quantitative estimate of drug-likeness (QED) is 0.853. The first kappa shape index (κ1) is 18.3. The predicted octanol–water partition coefficient (Wildman–Crippen LogP) is 1.45. The Hall–Kier alpha value is -2.53. The first-order valence-electron chi connectivity index (χ1n) is 9.29. The average molecular weight is 354 g/mol. The maximum absolute atomic E-state index is 12.8. The number of nitrogens with one attached hydrogen (secondary N) is 1. The van der Waals surface area contributed by atoms with Crippen LogP contribution in [-0.2, 0) is 4.79 Å². The van der Waals surface area contributed by atoms with Crippen molar-refractivity contribution in [1.29, 1.82) is 0 Å². The highest BCUT2D eigenvalue weighted by molar-refractivity contribution is 5.93. The number of methoxy groups -OCH3 is 1. The summed E-state index contributed by atoms with van der Waals surface area (Å²) in [6, 6.07) is 18.1. The predicted molar refractivity (Wildman–Crippen MR) is 105 cm³/mol. The van der Waals surface area contributed by atoms with Crippen molar-refractivity contribution in [1.82, 2.24) is 0 Å². The number of piperazine rings is 1. The number of nitrogens with zero attached hydrogens (tertiary/aromatic N) is 2. The van der Waals surface area contributed by atoms with E-state index in [0.717, 1.165) is 37.6 Å². The molecule has 0 aromatic heterocycles. The Balaban J connectivity index is 1.55. The molecule has 26 heavy (non-hydrogen) atoms. The molecule has 0 aliphatic carbocycles. The largest absolute Gasteiger partial charge is 0.497 e. The van der Waals surface area contributed by atoms with Crippen LogP contribution in [0.2, 0.25) is 0 Å². The normalized spacial score (nSPS) is 14.9. The number of anilines is 2. The minimum atomic E-state index is 0.198. The number of para-hydroxylation sites is 1. The van der Waals surface area contributed by atoms with Crippen LogP contribution in [-0.4, -0.2) is 52.3 Å². The first-order chi connectivity index (χ1) is 12.7. The van der Waals surface area contributed by atoms with E-state index in [4.69, 9.17) is 4.74 Å². The fraction of sp³-hybridized carbons (Fsp3) is 0.381. The van der Waals surface area contributed by atoms with Gasteiger partial charge in [-0.05, 0) is 31.2 Å². The van der Waals surface area contributed by atoms with Crippen LogP contribution in [0.5, 0.6) is 5.75 Å². The van der Waals surface area contributed by atoms with Gasteiger partial charge in [-0.2, -0.15) is 0 Å². The summed E-state index contributed by atoms with van der Waals surface area (Å²) in [7, 11) is 1.69. The van der Waals surface area contributed by atoms with E-state index in [0.29, 0.717) is 13.1 Å². The van der Waals surface area contributed by atoms with Gasteiger partial charge >= 0.3 is 0 Å². The minimum absolute atomic E-state index is 0.198. The Bertz CT molecular complexity index is 712. The minimum Gasteiger partial charge on any atom is -0.497 e. The van der Waals surface area contributed by atoms with E-state index in [1.807, 2.05) is 54.3 Å². The lowest BCUT2D eigenvalue weighted by Crippen LogP contribution is -3.16. The van der Waals surface area contributed by atoms with Gasteiger partial charge in [0, 0.05) is 24.0 Å². The van der Waals surface area contributed by atoms with Crippen molar-refractivity contribution in [3.8, 4) is 5.75 Å². The van der Waals surface area contributed by atoms with Crippen molar-refractivity contribution < 1.29 is 14.4 Å². The molecule has 1 aliphatic heterocycles. The Labute approximate surface area is 155 Å². The van der Waals surface area contributed by atoms with Gasteiger partial charge in [-0.3, -0.25) is 4.79 Å². The second-order valence-corrected chi connectivity index (χ2v) is 6.59. The van der Waals surface area contributed by atoms with Crippen LogP contribution < -0.4 is 19.4 Å². The van der Waals surface area contributed by atoms with Gasteiger partial charge in [0.05, 0.1) is 33.3 Å². The Morgan fingerprint density at radius 1 is 1.12 bits per heavy atom. The van der Waals surface area contributed by atoms with E-state index < -0.39 is 0 Å². The standard InChI is InChI=1S/C21H27N3O2/c1-3-24(18-8-5-4-6-9-18)21(25)17-22-12-14-23(15-13-22)19-10-7-11-20(16-19)26-2/h4-11,16H,3,12-15,17H2,1-2H3/p+1. The summed E-state index contributed by atoms with van der Waals surface area (Å²) in [6.07, 6.45) is 0. The average Bonchev–Trinajstić information content (AvgIpc) is 2.70. The van der Waals surface area contributed by atoms with Gasteiger partial charge in [0.1, 0.15) is 5.75 Å². The number of likely N-dealkylation sites (N-methyl/N-ethyl adjacent to an activating group) is 1. The van der Waals surface area contributed by atoms with Crippen LogP contribution >= 0.6 is 0 Å². The van der Waals surface area contributed by atoms with Crippen LogP contribution in [0.15, 0.2) is 54.6 Å². The van der Waals surface area contributed by atoms with Gasteiger partial charge in [-0.15, -0.1) is 0 Å². The van der Waals surface area contributed by atoms with Gasteiger partial charge in [-0.1, -0.05) is 24.3 Å². The number of amides is 1. The fourth-order valence-electron chi connectivity index (χ4n) is 3.49. The number of benzene rings is 2. The molecule has 0 radical (unpaired) electrons. The summed E-state index contributed by atoms with van der Waals surface area (Å²) in [5.74, 6) is 1.08. The van der Waals surface area contributed by atoms with E-state index in [1.165, 1.54) is 10.6 Å². The zero-order chi connectivity index (χ0) is 18.4. The number of quaternary nitrogens is 1. The summed E-state index contributed by atoms with van der Waals surface area (Å²) in [6.45, 7) is 7.12. The van der Waals surface area contributed by atoms with Gasteiger partial charge in [0.15, 0.2) is 6.54 Å². The molecule has 0 saturated carbocycles. The topological polar surface area (TPSA) is 37.2 Å². The van der Waals surface area contributed by atoms with Crippen molar-refractivity contribution in [2.24, 2.45) is 0 Å². The molecule has 5 nitrogen and oxygen atoms in total. The number of carbonyl (C=O) groups is 1. The van der Waals surface area contributed by atoms with Gasteiger partial charge in [0.2, 0.25) is 0 Å². The van der Waals surface area contributed by atoms with Crippen LogP contribution in [0.25, 0.3) is 0 Å². The molecule has 5 heteroatoms. The molecule has 0 spiro atoms. The molecule has 1 heterocycles. The third-order valence-corrected chi connectivity index (χ3v) is 4.98. The number of rotatable bonds is 6. The lowest BCUT2D eigenvalue weighted by Gasteiger charge is -2.34. The third kappa shape index (κ3) is 4.35. The van der Waals surface area contributed by atoms with E-state index in [-0.39, 0.29) is 5.91 Å². The smallest absolute Gasteiger partial charge is 0.282 e. The van der Waals surface area contributed by atoms with Gasteiger partial charge in [0.25, 0.3) is 5.91 Å². The second kappa shape index (κ2) is 8.72. The maximum Gasteiger partial charge on any atom is 0.282 e. The molecule has 1 fully saturated rings. The number of hydrogen-bond donors (Lipinski definition) is 1. The van der Waals surface area contributed by atoms with Crippen LogP contribution in [0, 0.1) is 0 Å². The summed E-state index contributed by atoms with van der Waals surface area (Å²) < 4.78 is 5.32. The van der Waals surface area contributed by atoms with Crippen molar-refractivity contribution in [3.05, 3.63) is 54.6 Å². The van der Waals surface area contributed by atoms with E-state index >= 15 is 0 Å². The number of hydrogen-bond acceptors (Lipinski definition) is 3.